The molecule has 0 spiro atoms. The van der Waals surface area contributed by atoms with Crippen LogP contribution in [-0.4, -0.2) is 18.3 Å². The lowest BCUT2D eigenvalue weighted by atomic mass is 9.75. The van der Waals surface area contributed by atoms with Crippen LogP contribution in [0.25, 0.3) is 0 Å². The van der Waals surface area contributed by atoms with Gasteiger partial charge in [0.15, 0.2) is 0 Å². The van der Waals surface area contributed by atoms with E-state index < -0.39 is 0 Å². The molecule has 2 nitrogen and oxygen atoms in total. The van der Waals surface area contributed by atoms with Gasteiger partial charge in [-0.15, -0.1) is 0 Å². The van der Waals surface area contributed by atoms with Gasteiger partial charge in [-0.25, -0.2) is 0 Å². The van der Waals surface area contributed by atoms with Crippen molar-refractivity contribution >= 4 is 7.12 Å². The summed E-state index contributed by atoms with van der Waals surface area (Å²) in [5, 5.41) is 0. The summed E-state index contributed by atoms with van der Waals surface area (Å²) in [6.07, 6.45) is 7.08. The van der Waals surface area contributed by atoms with E-state index in [9.17, 15) is 0 Å². The predicted octanol–water partition coefficient (Wildman–Crippen LogP) is 3.06. The van der Waals surface area contributed by atoms with E-state index >= 15 is 0 Å². The van der Waals surface area contributed by atoms with Gasteiger partial charge in [0.25, 0.3) is 0 Å². The minimum atomic E-state index is -0.263. The maximum atomic E-state index is 5.97. The Kier molecular flexibility index (Phi) is 2.63. The van der Waals surface area contributed by atoms with Crippen molar-refractivity contribution in [3.05, 3.63) is 35.9 Å². The third kappa shape index (κ3) is 1.90. The molecule has 1 fully saturated rings. The van der Waals surface area contributed by atoms with Crippen molar-refractivity contribution in [3.63, 3.8) is 0 Å². The molecule has 0 radical (unpaired) electrons. The van der Waals surface area contributed by atoms with Gasteiger partial charge in [0.1, 0.15) is 0 Å². The Hall–Kier alpha value is -0.795. The van der Waals surface area contributed by atoms with Gasteiger partial charge in [0.05, 0.1) is 11.2 Å². The Bertz CT molecular complexity index is 361. The molecule has 0 N–H and O–H groups in total. The second-order valence-corrected chi connectivity index (χ2v) is 5.49. The highest BCUT2D eigenvalue weighted by Gasteiger charge is 2.52. The largest absolute Gasteiger partial charge is 0.494 e. The fourth-order valence-corrected chi connectivity index (χ4v) is 1.75. The zero-order valence-corrected chi connectivity index (χ0v) is 10.5. The SMILES string of the molecule is C=C1C=CC(B2OC(C)(C)C(C)(C)O2)=CC1. The fraction of sp³-hybridized carbons (Fsp3) is 0.538. The van der Waals surface area contributed by atoms with Crippen molar-refractivity contribution < 1.29 is 9.31 Å². The molecule has 2 rings (SSSR count). The quantitative estimate of drug-likeness (QED) is 0.629. The average molecular weight is 218 g/mol. The van der Waals surface area contributed by atoms with Crippen LogP contribution in [0.2, 0.25) is 0 Å². The normalized spacial score (nSPS) is 27.1. The Morgan fingerprint density at radius 3 is 2.12 bits per heavy atom. The molecule has 2 aliphatic rings. The molecule has 16 heavy (non-hydrogen) atoms. The number of rotatable bonds is 1. The predicted molar refractivity (Wildman–Crippen MR) is 67.1 cm³/mol. The summed E-state index contributed by atoms with van der Waals surface area (Å²) in [4.78, 5) is 0. The molecule has 3 heteroatoms. The summed E-state index contributed by atoms with van der Waals surface area (Å²) in [5.74, 6) is 0. The van der Waals surface area contributed by atoms with E-state index in [0.717, 1.165) is 17.5 Å². The van der Waals surface area contributed by atoms with Gasteiger partial charge >= 0.3 is 7.12 Å². The average Bonchev–Trinajstić information content (AvgIpc) is 2.37. The van der Waals surface area contributed by atoms with E-state index in [-0.39, 0.29) is 18.3 Å². The van der Waals surface area contributed by atoms with Crippen molar-refractivity contribution in [2.45, 2.75) is 45.3 Å². The summed E-state index contributed by atoms with van der Waals surface area (Å²) in [6, 6.07) is 0. The lowest BCUT2D eigenvalue weighted by Crippen LogP contribution is -2.41. The topological polar surface area (TPSA) is 18.5 Å². The lowest BCUT2D eigenvalue weighted by Gasteiger charge is -2.32. The molecule has 0 atom stereocenters. The van der Waals surface area contributed by atoms with Crippen LogP contribution < -0.4 is 0 Å². The highest BCUT2D eigenvalue weighted by Crippen LogP contribution is 2.39. The maximum absolute atomic E-state index is 5.97. The summed E-state index contributed by atoms with van der Waals surface area (Å²) in [5.41, 5.74) is 1.70. The second-order valence-electron chi connectivity index (χ2n) is 5.49. The van der Waals surface area contributed by atoms with Crippen molar-refractivity contribution in [2.24, 2.45) is 0 Å². The first-order valence-corrected chi connectivity index (χ1v) is 5.73. The number of hydrogen-bond donors (Lipinski definition) is 0. The lowest BCUT2D eigenvalue weighted by molar-refractivity contribution is 0.00578. The molecule has 0 bridgehead atoms. The van der Waals surface area contributed by atoms with Crippen LogP contribution in [0.1, 0.15) is 34.1 Å². The van der Waals surface area contributed by atoms with Gasteiger partial charge < -0.3 is 9.31 Å². The summed E-state index contributed by atoms with van der Waals surface area (Å²) in [7, 11) is -0.241. The van der Waals surface area contributed by atoms with E-state index in [2.05, 4.69) is 40.3 Å². The highest BCUT2D eigenvalue weighted by molar-refractivity contribution is 6.55. The number of hydrogen-bond acceptors (Lipinski definition) is 2. The fourth-order valence-electron chi connectivity index (χ4n) is 1.75. The Labute approximate surface area is 98.2 Å². The Morgan fingerprint density at radius 2 is 1.69 bits per heavy atom. The maximum Gasteiger partial charge on any atom is 0.494 e. The standard InChI is InChI=1S/C13H19BO2/c1-10-6-8-11(9-7-10)14-15-12(2,3)13(4,5)16-14/h6,8-9H,1,7H2,2-5H3. The molecular weight excluding hydrogens is 199 g/mol. The van der Waals surface area contributed by atoms with Crippen LogP contribution in [-0.2, 0) is 9.31 Å². The summed E-state index contributed by atoms with van der Waals surface area (Å²) in [6.45, 7) is 12.2. The molecule has 0 saturated carbocycles. The van der Waals surface area contributed by atoms with Crippen LogP contribution in [0.5, 0.6) is 0 Å². The molecule has 0 aromatic rings. The van der Waals surface area contributed by atoms with Crippen LogP contribution in [0.15, 0.2) is 35.9 Å². The zero-order valence-electron chi connectivity index (χ0n) is 10.5. The van der Waals surface area contributed by atoms with Gasteiger partial charge in [-0.1, -0.05) is 30.4 Å². The molecule has 1 aliphatic carbocycles. The van der Waals surface area contributed by atoms with E-state index in [1.165, 1.54) is 0 Å². The molecule has 1 aliphatic heterocycles. The smallest absolute Gasteiger partial charge is 0.399 e. The van der Waals surface area contributed by atoms with Crippen molar-refractivity contribution in [1.29, 1.82) is 0 Å². The first-order chi connectivity index (χ1) is 7.32. The monoisotopic (exact) mass is 218 g/mol. The molecule has 0 aromatic heterocycles. The minimum Gasteiger partial charge on any atom is -0.399 e. The van der Waals surface area contributed by atoms with Gasteiger partial charge in [-0.2, -0.15) is 0 Å². The van der Waals surface area contributed by atoms with Gasteiger partial charge in [0.2, 0.25) is 0 Å². The third-order valence-electron chi connectivity index (χ3n) is 3.64. The second kappa shape index (κ2) is 3.61. The van der Waals surface area contributed by atoms with E-state index in [4.69, 9.17) is 9.31 Å². The van der Waals surface area contributed by atoms with Crippen molar-refractivity contribution in [3.8, 4) is 0 Å². The molecule has 86 valence electrons. The van der Waals surface area contributed by atoms with Gasteiger partial charge in [0, 0.05) is 0 Å². The summed E-state index contributed by atoms with van der Waals surface area (Å²) < 4.78 is 11.9. The van der Waals surface area contributed by atoms with Crippen LogP contribution in [0, 0.1) is 0 Å². The Morgan fingerprint density at radius 1 is 1.12 bits per heavy atom. The third-order valence-corrected chi connectivity index (χ3v) is 3.64. The molecule has 0 aromatic carbocycles. The zero-order chi connectivity index (χ0) is 12.0. The Balaban J connectivity index is 2.16. The highest BCUT2D eigenvalue weighted by atomic mass is 16.7. The molecule has 1 saturated heterocycles. The first kappa shape index (κ1) is 11.7. The van der Waals surface area contributed by atoms with Gasteiger partial charge in [-0.3, -0.25) is 0 Å². The van der Waals surface area contributed by atoms with Gasteiger partial charge in [-0.05, 0) is 39.6 Å². The molecule has 1 heterocycles. The van der Waals surface area contributed by atoms with Crippen LogP contribution in [0.3, 0.4) is 0 Å². The number of allylic oxidation sites excluding steroid dienone is 5. The summed E-state index contributed by atoms with van der Waals surface area (Å²) >= 11 is 0. The van der Waals surface area contributed by atoms with Crippen LogP contribution >= 0.6 is 0 Å². The molecular formula is C13H19BO2. The molecule has 0 unspecified atom stereocenters. The van der Waals surface area contributed by atoms with E-state index in [1.807, 2.05) is 12.2 Å². The van der Waals surface area contributed by atoms with Crippen molar-refractivity contribution in [1.82, 2.24) is 0 Å². The van der Waals surface area contributed by atoms with E-state index in [0.29, 0.717) is 0 Å². The first-order valence-electron chi connectivity index (χ1n) is 5.73. The van der Waals surface area contributed by atoms with Crippen molar-refractivity contribution in [2.75, 3.05) is 0 Å². The minimum absolute atomic E-state index is 0.241. The molecule has 0 amide bonds. The van der Waals surface area contributed by atoms with Crippen LogP contribution in [0.4, 0.5) is 0 Å². The van der Waals surface area contributed by atoms with E-state index in [1.54, 1.807) is 0 Å².